The minimum atomic E-state index is -0.388. The van der Waals surface area contributed by atoms with E-state index in [4.69, 9.17) is 5.73 Å². The van der Waals surface area contributed by atoms with Crippen molar-refractivity contribution in [2.24, 2.45) is 16.6 Å². The topological polar surface area (TPSA) is 46.3 Å². The summed E-state index contributed by atoms with van der Waals surface area (Å²) in [7, 11) is 0. The van der Waals surface area contributed by atoms with Crippen LogP contribution in [-0.2, 0) is 4.79 Å². The largest absolute Gasteiger partial charge is 0.341 e. The Morgan fingerprint density at radius 2 is 1.94 bits per heavy atom. The maximum Gasteiger partial charge on any atom is 0.240 e. The Hall–Kier alpha value is -0.570. The van der Waals surface area contributed by atoms with E-state index in [0.29, 0.717) is 0 Å². The number of rotatable bonds is 1. The Morgan fingerprint density at radius 3 is 2.38 bits per heavy atom. The number of nitrogens with two attached hydrogens (primary N) is 1. The smallest absolute Gasteiger partial charge is 0.240 e. The summed E-state index contributed by atoms with van der Waals surface area (Å²) in [5.41, 5.74) is 6.11. The lowest BCUT2D eigenvalue weighted by molar-refractivity contribution is -0.138. The third kappa shape index (κ3) is 3.21. The molecule has 0 spiro atoms. The molecule has 1 saturated heterocycles. The minimum Gasteiger partial charge on any atom is -0.341 e. The molecule has 1 fully saturated rings. The number of carbonyl (C=O) groups is 1. The number of likely N-dealkylation sites (tertiary alicyclic amines) is 1. The fourth-order valence-corrected chi connectivity index (χ4v) is 2.18. The fraction of sp³-hybridized carbons (Fsp3) is 0.923. The van der Waals surface area contributed by atoms with Crippen LogP contribution in [0.15, 0.2) is 0 Å². The first-order valence-electron chi connectivity index (χ1n) is 6.18. The summed E-state index contributed by atoms with van der Waals surface area (Å²) in [5.74, 6) is 0.111. The number of amides is 1. The highest BCUT2D eigenvalue weighted by Crippen LogP contribution is 2.29. The highest BCUT2D eigenvalue weighted by Gasteiger charge is 2.35. The van der Waals surface area contributed by atoms with Crippen molar-refractivity contribution < 1.29 is 4.79 Å². The number of hydrogen-bond acceptors (Lipinski definition) is 2. The zero-order chi connectivity index (χ0) is 12.6. The average molecular weight is 226 g/mol. The second kappa shape index (κ2) is 4.36. The van der Waals surface area contributed by atoms with Crippen molar-refractivity contribution >= 4 is 5.91 Å². The molecule has 1 aliphatic heterocycles. The van der Waals surface area contributed by atoms with Gasteiger partial charge in [0.25, 0.3) is 0 Å². The first-order valence-corrected chi connectivity index (χ1v) is 6.18. The standard InChI is InChI=1S/C13H26N2O/c1-12(2,3)10(14)11(16)15-8-6-7-13(4,5)9-15/h10H,6-9,14H2,1-5H3/t10-/m0/s1. The summed E-state index contributed by atoms with van der Waals surface area (Å²) in [5, 5.41) is 0. The predicted octanol–water partition coefficient (Wildman–Crippen LogP) is 2.01. The number of piperidine rings is 1. The molecule has 1 atom stereocenters. The molecular weight excluding hydrogens is 200 g/mol. The molecule has 0 aromatic heterocycles. The first kappa shape index (κ1) is 13.5. The quantitative estimate of drug-likeness (QED) is 0.743. The van der Waals surface area contributed by atoms with Crippen molar-refractivity contribution in [3.8, 4) is 0 Å². The molecule has 0 saturated carbocycles. The Morgan fingerprint density at radius 1 is 1.38 bits per heavy atom. The van der Waals surface area contributed by atoms with Gasteiger partial charge in [-0.1, -0.05) is 34.6 Å². The van der Waals surface area contributed by atoms with Crippen molar-refractivity contribution in [2.75, 3.05) is 13.1 Å². The van der Waals surface area contributed by atoms with Crippen LogP contribution in [0.4, 0.5) is 0 Å². The third-order valence-electron chi connectivity index (χ3n) is 3.41. The predicted molar refractivity (Wildman–Crippen MR) is 67.0 cm³/mol. The third-order valence-corrected chi connectivity index (χ3v) is 3.41. The highest BCUT2D eigenvalue weighted by molar-refractivity contribution is 5.82. The lowest BCUT2D eigenvalue weighted by atomic mass is 9.82. The molecule has 0 aromatic rings. The lowest BCUT2D eigenvalue weighted by Crippen LogP contribution is -2.54. The van der Waals surface area contributed by atoms with Gasteiger partial charge in [-0.2, -0.15) is 0 Å². The molecule has 0 aromatic carbocycles. The molecule has 2 N–H and O–H groups in total. The van der Waals surface area contributed by atoms with E-state index in [2.05, 4.69) is 13.8 Å². The molecule has 3 nitrogen and oxygen atoms in total. The van der Waals surface area contributed by atoms with E-state index in [1.54, 1.807) is 0 Å². The summed E-state index contributed by atoms with van der Waals surface area (Å²) in [6, 6.07) is -0.388. The normalized spacial score (nSPS) is 23.0. The van der Waals surface area contributed by atoms with Gasteiger partial charge in [0.15, 0.2) is 0 Å². The van der Waals surface area contributed by atoms with Gasteiger partial charge in [-0.3, -0.25) is 4.79 Å². The van der Waals surface area contributed by atoms with Crippen molar-refractivity contribution in [3.63, 3.8) is 0 Å². The van der Waals surface area contributed by atoms with Crippen molar-refractivity contribution in [1.82, 2.24) is 4.90 Å². The van der Waals surface area contributed by atoms with Crippen LogP contribution in [0.3, 0.4) is 0 Å². The van der Waals surface area contributed by atoms with Crippen LogP contribution in [0.25, 0.3) is 0 Å². The van der Waals surface area contributed by atoms with Crippen molar-refractivity contribution in [3.05, 3.63) is 0 Å². The van der Waals surface area contributed by atoms with Crippen LogP contribution < -0.4 is 5.73 Å². The van der Waals surface area contributed by atoms with Crippen LogP contribution in [-0.4, -0.2) is 29.9 Å². The maximum atomic E-state index is 12.2. The number of hydrogen-bond donors (Lipinski definition) is 1. The molecule has 0 radical (unpaired) electrons. The van der Waals surface area contributed by atoms with Crippen molar-refractivity contribution in [1.29, 1.82) is 0 Å². The monoisotopic (exact) mass is 226 g/mol. The van der Waals surface area contributed by atoms with Crippen LogP contribution in [0.5, 0.6) is 0 Å². The van der Waals surface area contributed by atoms with Gasteiger partial charge >= 0.3 is 0 Å². The van der Waals surface area contributed by atoms with E-state index in [-0.39, 0.29) is 22.8 Å². The second-order valence-corrected chi connectivity index (χ2v) is 6.87. The van der Waals surface area contributed by atoms with Gasteiger partial charge in [-0.15, -0.1) is 0 Å². The Labute approximate surface area is 99.4 Å². The summed E-state index contributed by atoms with van der Waals surface area (Å²) < 4.78 is 0. The van der Waals surface area contributed by atoms with Crippen LogP contribution >= 0.6 is 0 Å². The summed E-state index contributed by atoms with van der Waals surface area (Å²) in [6.07, 6.45) is 2.29. The van der Waals surface area contributed by atoms with Gasteiger partial charge < -0.3 is 10.6 Å². The summed E-state index contributed by atoms with van der Waals surface area (Å²) in [4.78, 5) is 14.2. The first-order chi connectivity index (χ1) is 7.13. The molecule has 1 heterocycles. The molecule has 0 bridgehead atoms. The van der Waals surface area contributed by atoms with Crippen LogP contribution in [0, 0.1) is 10.8 Å². The molecule has 1 rings (SSSR count). The zero-order valence-corrected chi connectivity index (χ0v) is 11.3. The Bertz CT molecular complexity index is 266. The van der Waals surface area contributed by atoms with Crippen LogP contribution in [0.1, 0.15) is 47.5 Å². The fourth-order valence-electron chi connectivity index (χ4n) is 2.18. The summed E-state index contributed by atoms with van der Waals surface area (Å²) in [6.45, 7) is 12.2. The maximum absolute atomic E-state index is 12.2. The van der Waals surface area contributed by atoms with E-state index in [0.717, 1.165) is 19.5 Å². The van der Waals surface area contributed by atoms with Gasteiger partial charge in [0, 0.05) is 13.1 Å². The van der Waals surface area contributed by atoms with Gasteiger partial charge in [0.05, 0.1) is 6.04 Å². The SMILES string of the molecule is CC1(C)CCCN(C(=O)[C@H](N)C(C)(C)C)C1. The highest BCUT2D eigenvalue weighted by atomic mass is 16.2. The van der Waals surface area contributed by atoms with Gasteiger partial charge in [-0.25, -0.2) is 0 Å². The number of carbonyl (C=O) groups excluding carboxylic acids is 1. The van der Waals surface area contributed by atoms with E-state index in [9.17, 15) is 4.79 Å². The molecule has 1 aliphatic rings. The molecule has 0 aliphatic carbocycles. The molecule has 3 heteroatoms. The van der Waals surface area contributed by atoms with Gasteiger partial charge in [0.2, 0.25) is 5.91 Å². The van der Waals surface area contributed by atoms with E-state index in [1.807, 2.05) is 25.7 Å². The van der Waals surface area contributed by atoms with E-state index < -0.39 is 0 Å². The summed E-state index contributed by atoms with van der Waals surface area (Å²) >= 11 is 0. The average Bonchev–Trinajstić information content (AvgIpc) is 2.12. The van der Waals surface area contributed by atoms with Gasteiger partial charge in [0.1, 0.15) is 0 Å². The van der Waals surface area contributed by atoms with Gasteiger partial charge in [-0.05, 0) is 23.7 Å². The number of nitrogens with zero attached hydrogens (tertiary/aromatic N) is 1. The van der Waals surface area contributed by atoms with Crippen molar-refractivity contribution in [2.45, 2.75) is 53.5 Å². The molecule has 0 unspecified atom stereocenters. The van der Waals surface area contributed by atoms with E-state index in [1.165, 1.54) is 6.42 Å². The van der Waals surface area contributed by atoms with Crippen LogP contribution in [0.2, 0.25) is 0 Å². The zero-order valence-electron chi connectivity index (χ0n) is 11.3. The Kier molecular flexibility index (Phi) is 3.68. The molecular formula is C13H26N2O. The minimum absolute atomic E-state index is 0.111. The molecule has 1 amide bonds. The second-order valence-electron chi connectivity index (χ2n) is 6.87. The molecule has 16 heavy (non-hydrogen) atoms. The Balaban J connectivity index is 2.68. The van der Waals surface area contributed by atoms with E-state index >= 15 is 0 Å². The molecule has 94 valence electrons. The lowest BCUT2D eigenvalue weighted by Gasteiger charge is -2.40.